The molecule has 0 bridgehead atoms. The van der Waals surface area contributed by atoms with Crippen molar-refractivity contribution >= 4 is 33.6 Å². The van der Waals surface area contributed by atoms with E-state index in [2.05, 4.69) is 122 Å². The topological polar surface area (TPSA) is 49.9 Å². The van der Waals surface area contributed by atoms with Gasteiger partial charge in [-0.25, -0.2) is 9.98 Å². The molecule has 1 N–H and O–H groups in total. The predicted octanol–water partition coefficient (Wildman–Crippen LogP) is 10.1. The quantitative estimate of drug-likeness (QED) is 0.221. The fourth-order valence-corrected chi connectivity index (χ4v) is 7.31. The van der Waals surface area contributed by atoms with E-state index in [0.717, 1.165) is 55.9 Å². The largest absolute Gasteiger partial charge is 0.455 e. The normalized spacial score (nSPS) is 15.3. The van der Waals surface area contributed by atoms with Crippen LogP contribution in [-0.4, -0.2) is 11.7 Å². The molecule has 4 nitrogen and oxygen atoms in total. The third-order valence-corrected chi connectivity index (χ3v) is 9.56. The number of nitrogens with one attached hydrogen (secondary N) is 1. The zero-order valence-electron chi connectivity index (χ0n) is 25.7. The first-order valence-corrected chi connectivity index (χ1v) is 15.8. The molecule has 4 heteroatoms. The van der Waals surface area contributed by atoms with Crippen molar-refractivity contribution in [3.63, 3.8) is 0 Å². The van der Waals surface area contributed by atoms with Gasteiger partial charge in [0.1, 0.15) is 22.8 Å². The van der Waals surface area contributed by atoms with E-state index >= 15 is 0 Å². The van der Waals surface area contributed by atoms with Gasteiger partial charge in [-0.3, -0.25) is 0 Å². The Kier molecular flexibility index (Phi) is 5.88. The van der Waals surface area contributed by atoms with Crippen LogP contribution in [0.3, 0.4) is 0 Å². The molecular weight excluding hydrogens is 562 g/mol. The minimum atomic E-state index is -0.479. The number of rotatable bonds is 4. The van der Waals surface area contributed by atoms with Crippen LogP contribution >= 0.6 is 0 Å². The first kappa shape index (κ1) is 26.6. The second-order valence-corrected chi connectivity index (χ2v) is 12.6. The molecule has 0 saturated heterocycles. The monoisotopic (exact) mass is 593 g/mol. The Morgan fingerprint density at radius 3 is 1.78 bits per heavy atom. The Morgan fingerprint density at radius 2 is 1.07 bits per heavy atom. The molecule has 0 saturated carbocycles. The summed E-state index contributed by atoms with van der Waals surface area (Å²) in [5, 5.41) is 5.65. The fourth-order valence-electron chi connectivity index (χ4n) is 7.31. The first-order valence-electron chi connectivity index (χ1n) is 15.8. The van der Waals surface area contributed by atoms with Gasteiger partial charge in [0.05, 0.1) is 0 Å². The number of furan rings is 1. The third-order valence-electron chi connectivity index (χ3n) is 9.56. The summed E-state index contributed by atoms with van der Waals surface area (Å²) in [7, 11) is 0. The molecule has 1 aromatic heterocycles. The van der Waals surface area contributed by atoms with E-state index in [0.29, 0.717) is 0 Å². The zero-order valence-corrected chi connectivity index (χ0v) is 25.7. The van der Waals surface area contributed by atoms with Crippen molar-refractivity contribution in [2.24, 2.45) is 9.98 Å². The number of nitrogens with zero attached hydrogens (tertiary/aromatic N) is 2. The third kappa shape index (κ3) is 4.00. The summed E-state index contributed by atoms with van der Waals surface area (Å²) in [5.74, 6) is 1.57. The Bertz CT molecular complexity index is 2310. The summed E-state index contributed by atoms with van der Waals surface area (Å²) >= 11 is 0. The Labute approximate surface area is 267 Å². The van der Waals surface area contributed by atoms with Crippen LogP contribution in [0.15, 0.2) is 154 Å². The number of amidine groups is 2. The van der Waals surface area contributed by atoms with Gasteiger partial charge in [-0.1, -0.05) is 153 Å². The van der Waals surface area contributed by atoms with Gasteiger partial charge in [0.15, 0.2) is 6.17 Å². The second kappa shape index (κ2) is 10.1. The highest BCUT2D eigenvalue weighted by Gasteiger charge is 2.37. The lowest BCUT2D eigenvalue weighted by Gasteiger charge is -2.22. The van der Waals surface area contributed by atoms with E-state index in [-0.39, 0.29) is 5.41 Å². The van der Waals surface area contributed by atoms with E-state index in [1.165, 1.54) is 27.8 Å². The highest BCUT2D eigenvalue weighted by Crippen LogP contribution is 2.53. The van der Waals surface area contributed by atoms with Crippen LogP contribution in [-0.2, 0) is 5.41 Å². The van der Waals surface area contributed by atoms with Crippen LogP contribution in [0.1, 0.15) is 47.8 Å². The van der Waals surface area contributed by atoms with Crippen molar-refractivity contribution in [3.8, 4) is 22.3 Å². The molecule has 0 unspecified atom stereocenters. The number of aliphatic imine (C=N–C) groups is 2. The summed E-state index contributed by atoms with van der Waals surface area (Å²) in [6.45, 7) is 4.64. The zero-order chi connectivity index (χ0) is 30.8. The van der Waals surface area contributed by atoms with Crippen molar-refractivity contribution in [1.82, 2.24) is 5.32 Å². The standard InChI is InChI=1S/C42H31N3O/c1-42(2)34-24-10-9-18-32(34)36-28(19-13-25-35(36)42)29-20-11-21-30-31-22-12-23-33(38(31)46-37(29)30)41-44-39(26-14-5-3-6-15-26)43-40(45-41)27-16-7-4-8-17-27/h3-25,41H,1-2H3,(H,43,44,45). The summed E-state index contributed by atoms with van der Waals surface area (Å²) in [6.07, 6.45) is -0.479. The average molecular weight is 594 g/mol. The molecule has 220 valence electrons. The van der Waals surface area contributed by atoms with Gasteiger partial charge in [0.25, 0.3) is 0 Å². The molecule has 0 fully saturated rings. The Morgan fingerprint density at radius 1 is 0.522 bits per heavy atom. The van der Waals surface area contributed by atoms with Crippen molar-refractivity contribution in [3.05, 3.63) is 167 Å². The highest BCUT2D eigenvalue weighted by molar-refractivity contribution is 6.16. The highest BCUT2D eigenvalue weighted by atomic mass is 16.3. The molecule has 2 heterocycles. The van der Waals surface area contributed by atoms with Crippen LogP contribution < -0.4 is 5.32 Å². The average Bonchev–Trinajstić information content (AvgIpc) is 3.61. The minimum absolute atomic E-state index is 0.0746. The number of hydrogen-bond acceptors (Lipinski definition) is 4. The summed E-state index contributed by atoms with van der Waals surface area (Å²) < 4.78 is 6.95. The lowest BCUT2D eigenvalue weighted by Crippen LogP contribution is -2.36. The molecule has 0 spiro atoms. The van der Waals surface area contributed by atoms with E-state index in [4.69, 9.17) is 14.4 Å². The maximum absolute atomic E-state index is 6.95. The lowest BCUT2D eigenvalue weighted by atomic mass is 9.82. The molecule has 1 aliphatic heterocycles. The maximum Gasteiger partial charge on any atom is 0.173 e. The molecule has 6 aromatic carbocycles. The van der Waals surface area contributed by atoms with Gasteiger partial charge in [0, 0.05) is 38.4 Å². The number of benzene rings is 6. The molecule has 2 aliphatic rings. The Balaban J connectivity index is 1.25. The smallest absolute Gasteiger partial charge is 0.173 e. The van der Waals surface area contributed by atoms with Gasteiger partial charge in [-0.15, -0.1) is 0 Å². The summed E-state index contributed by atoms with van der Waals surface area (Å²) in [4.78, 5) is 10.3. The minimum Gasteiger partial charge on any atom is -0.455 e. The number of para-hydroxylation sites is 2. The van der Waals surface area contributed by atoms with Crippen molar-refractivity contribution < 1.29 is 4.42 Å². The molecule has 0 amide bonds. The van der Waals surface area contributed by atoms with Crippen LogP contribution in [0.2, 0.25) is 0 Å². The molecule has 0 radical (unpaired) electrons. The van der Waals surface area contributed by atoms with Gasteiger partial charge in [-0.2, -0.15) is 0 Å². The van der Waals surface area contributed by atoms with E-state index in [1.807, 2.05) is 36.4 Å². The van der Waals surface area contributed by atoms with Gasteiger partial charge in [0.2, 0.25) is 0 Å². The van der Waals surface area contributed by atoms with Crippen LogP contribution in [0, 0.1) is 0 Å². The second-order valence-electron chi connectivity index (χ2n) is 12.6. The lowest BCUT2D eigenvalue weighted by molar-refractivity contribution is 0.649. The molecule has 0 atom stereocenters. The Hall–Kier alpha value is -5.74. The van der Waals surface area contributed by atoms with E-state index in [1.54, 1.807) is 0 Å². The maximum atomic E-state index is 6.95. The molecular formula is C42H31N3O. The summed E-state index contributed by atoms with van der Waals surface area (Å²) in [5.41, 5.74) is 12.2. The van der Waals surface area contributed by atoms with Gasteiger partial charge >= 0.3 is 0 Å². The summed E-state index contributed by atoms with van der Waals surface area (Å²) in [6, 6.07) is 48.8. The number of hydrogen-bond donors (Lipinski definition) is 1. The van der Waals surface area contributed by atoms with Crippen molar-refractivity contribution in [1.29, 1.82) is 0 Å². The van der Waals surface area contributed by atoms with E-state index < -0.39 is 6.17 Å². The van der Waals surface area contributed by atoms with Crippen molar-refractivity contribution in [2.45, 2.75) is 25.4 Å². The number of fused-ring (bicyclic) bond motifs is 6. The van der Waals surface area contributed by atoms with Crippen LogP contribution in [0.4, 0.5) is 0 Å². The molecule has 46 heavy (non-hydrogen) atoms. The molecule has 1 aliphatic carbocycles. The fraction of sp³-hybridized carbons (Fsp3) is 0.0952. The van der Waals surface area contributed by atoms with Gasteiger partial charge in [-0.05, 0) is 27.8 Å². The van der Waals surface area contributed by atoms with Gasteiger partial charge < -0.3 is 9.73 Å². The predicted molar refractivity (Wildman–Crippen MR) is 189 cm³/mol. The SMILES string of the molecule is CC1(C)c2ccccc2-c2c(-c3cccc4c3oc3c(C5N=C(c6ccccc6)NC(c6ccccc6)=N5)cccc34)cccc21. The molecule has 9 rings (SSSR count). The first-order chi connectivity index (χ1) is 22.6. The molecule has 7 aromatic rings. The van der Waals surface area contributed by atoms with E-state index in [9.17, 15) is 0 Å². The van der Waals surface area contributed by atoms with Crippen LogP contribution in [0.5, 0.6) is 0 Å². The van der Waals surface area contributed by atoms with Crippen LogP contribution in [0.25, 0.3) is 44.2 Å². The van der Waals surface area contributed by atoms with Crippen molar-refractivity contribution in [2.75, 3.05) is 0 Å².